The topological polar surface area (TPSA) is 50.9 Å². The van der Waals surface area contributed by atoms with E-state index in [9.17, 15) is 0 Å². The molecule has 2 aliphatic carbocycles. The summed E-state index contributed by atoms with van der Waals surface area (Å²) < 4.78 is 0. The SMILES string of the molecule is CC1=CC2Cc3nc4cc(Cl)ccc4c(NCCCCCCCCCCCN)c3C(C1)C2. The van der Waals surface area contributed by atoms with Crippen molar-refractivity contribution in [3.63, 3.8) is 0 Å². The summed E-state index contributed by atoms with van der Waals surface area (Å²) in [5, 5.41) is 5.87. The van der Waals surface area contributed by atoms with Crippen molar-refractivity contribution in [3.8, 4) is 0 Å². The predicted octanol–water partition coefficient (Wildman–Crippen LogP) is 7.77. The summed E-state index contributed by atoms with van der Waals surface area (Å²) in [6, 6.07) is 6.20. The normalized spacial score (nSPS) is 19.7. The molecule has 4 rings (SSSR count). The molecule has 3 N–H and O–H groups in total. The first kappa shape index (κ1) is 23.6. The van der Waals surface area contributed by atoms with Gasteiger partial charge < -0.3 is 11.1 Å². The largest absolute Gasteiger partial charge is 0.384 e. The number of aromatic nitrogens is 1. The van der Waals surface area contributed by atoms with Crippen LogP contribution in [0.2, 0.25) is 5.02 Å². The lowest BCUT2D eigenvalue weighted by molar-refractivity contribution is 0.433. The van der Waals surface area contributed by atoms with Crippen LogP contribution in [0.1, 0.15) is 94.7 Å². The fourth-order valence-electron chi connectivity index (χ4n) is 5.80. The van der Waals surface area contributed by atoms with Crippen molar-refractivity contribution in [1.82, 2.24) is 4.98 Å². The lowest BCUT2D eigenvalue weighted by Crippen LogP contribution is -2.24. The van der Waals surface area contributed by atoms with E-state index < -0.39 is 0 Å². The molecule has 0 spiro atoms. The lowest BCUT2D eigenvalue weighted by Gasteiger charge is -2.36. The van der Waals surface area contributed by atoms with Gasteiger partial charge in [0.15, 0.2) is 0 Å². The maximum absolute atomic E-state index is 6.32. The van der Waals surface area contributed by atoms with Crippen LogP contribution >= 0.6 is 11.6 Å². The second-order valence-electron chi connectivity index (χ2n) is 10.0. The Labute approximate surface area is 199 Å². The number of allylic oxidation sites excluding steroid dienone is 2. The van der Waals surface area contributed by atoms with Crippen molar-refractivity contribution in [2.45, 2.75) is 89.9 Å². The van der Waals surface area contributed by atoms with E-state index in [1.807, 2.05) is 12.1 Å². The van der Waals surface area contributed by atoms with Gasteiger partial charge in [0.1, 0.15) is 0 Å². The number of pyridine rings is 1. The quantitative estimate of drug-likeness (QED) is 0.255. The number of benzene rings is 1. The number of fused-ring (bicyclic) bond motifs is 5. The zero-order chi connectivity index (χ0) is 22.3. The Balaban J connectivity index is 1.37. The summed E-state index contributed by atoms with van der Waals surface area (Å²) in [4.78, 5) is 5.09. The van der Waals surface area contributed by atoms with Gasteiger partial charge in [-0.3, -0.25) is 4.98 Å². The summed E-state index contributed by atoms with van der Waals surface area (Å²) in [6.07, 6.45) is 17.8. The number of nitrogens with one attached hydrogen (secondary N) is 1. The predicted molar refractivity (Wildman–Crippen MR) is 139 cm³/mol. The number of unbranched alkanes of at least 4 members (excludes halogenated alkanes) is 8. The minimum absolute atomic E-state index is 0.600. The number of hydrogen-bond donors (Lipinski definition) is 2. The Morgan fingerprint density at radius 1 is 1.00 bits per heavy atom. The van der Waals surface area contributed by atoms with Gasteiger partial charge in [0.2, 0.25) is 0 Å². The molecule has 1 aromatic heterocycles. The molecule has 4 heteroatoms. The molecule has 2 aliphatic rings. The van der Waals surface area contributed by atoms with Crippen LogP contribution in [0, 0.1) is 5.92 Å². The Morgan fingerprint density at radius 3 is 2.47 bits per heavy atom. The molecule has 1 aromatic carbocycles. The zero-order valence-electron chi connectivity index (χ0n) is 19.8. The summed E-state index contributed by atoms with van der Waals surface area (Å²) in [5.41, 5.74) is 12.3. The molecular weight excluding hydrogens is 414 g/mol. The van der Waals surface area contributed by atoms with Gasteiger partial charge in [-0.05, 0) is 75.6 Å². The molecule has 0 saturated carbocycles. The van der Waals surface area contributed by atoms with Crippen LogP contribution in [-0.2, 0) is 6.42 Å². The molecule has 2 aromatic rings. The summed E-state index contributed by atoms with van der Waals surface area (Å²) >= 11 is 6.32. The molecule has 0 amide bonds. The van der Waals surface area contributed by atoms with Crippen LogP contribution in [0.15, 0.2) is 29.8 Å². The summed E-state index contributed by atoms with van der Waals surface area (Å²) in [7, 11) is 0. The molecule has 0 aliphatic heterocycles. The molecule has 3 nitrogen and oxygen atoms in total. The number of anilines is 1. The zero-order valence-corrected chi connectivity index (χ0v) is 20.5. The maximum Gasteiger partial charge on any atom is 0.0741 e. The standard InChI is InChI=1S/C28H40ClN3/c1-20-15-21-17-22(16-20)27-26(18-21)32-25-19-23(29)11-12-24(25)28(27)31-14-10-8-6-4-2-3-5-7-9-13-30/h11-12,15,19,21-22H,2-10,13-14,16-18,30H2,1H3,(H,31,32). The number of hydrogen-bond acceptors (Lipinski definition) is 3. The lowest BCUT2D eigenvalue weighted by atomic mass is 9.71. The van der Waals surface area contributed by atoms with Gasteiger partial charge >= 0.3 is 0 Å². The molecule has 0 saturated heterocycles. The van der Waals surface area contributed by atoms with E-state index >= 15 is 0 Å². The van der Waals surface area contributed by atoms with E-state index in [1.54, 1.807) is 5.57 Å². The first-order valence-corrected chi connectivity index (χ1v) is 13.3. The minimum Gasteiger partial charge on any atom is -0.384 e. The number of nitrogens with zero attached hydrogens (tertiary/aromatic N) is 1. The fourth-order valence-corrected chi connectivity index (χ4v) is 5.96. The van der Waals surface area contributed by atoms with Crippen molar-refractivity contribution in [2.24, 2.45) is 11.7 Å². The van der Waals surface area contributed by atoms with Gasteiger partial charge in [0.25, 0.3) is 0 Å². The van der Waals surface area contributed by atoms with E-state index in [1.165, 1.54) is 93.0 Å². The Hall–Kier alpha value is -1.58. The molecule has 0 radical (unpaired) electrons. The third-order valence-corrected chi connectivity index (χ3v) is 7.52. The second kappa shape index (κ2) is 11.5. The average Bonchev–Trinajstić information content (AvgIpc) is 2.76. The van der Waals surface area contributed by atoms with Crippen molar-refractivity contribution < 1.29 is 0 Å². The van der Waals surface area contributed by atoms with Crippen LogP contribution in [-0.4, -0.2) is 18.1 Å². The molecule has 1 heterocycles. The molecule has 32 heavy (non-hydrogen) atoms. The van der Waals surface area contributed by atoms with Crippen molar-refractivity contribution in [2.75, 3.05) is 18.4 Å². The highest BCUT2D eigenvalue weighted by Gasteiger charge is 2.33. The smallest absolute Gasteiger partial charge is 0.0741 e. The molecule has 0 fully saturated rings. The summed E-state index contributed by atoms with van der Waals surface area (Å²) in [6.45, 7) is 4.17. The molecule has 2 unspecified atom stereocenters. The number of rotatable bonds is 12. The first-order chi connectivity index (χ1) is 15.7. The van der Waals surface area contributed by atoms with Gasteiger partial charge in [0, 0.05) is 33.9 Å². The van der Waals surface area contributed by atoms with E-state index in [4.69, 9.17) is 22.3 Å². The van der Waals surface area contributed by atoms with Gasteiger partial charge in [-0.2, -0.15) is 0 Å². The average molecular weight is 454 g/mol. The van der Waals surface area contributed by atoms with E-state index in [0.29, 0.717) is 11.8 Å². The van der Waals surface area contributed by atoms with Crippen molar-refractivity contribution >= 4 is 28.2 Å². The molecule has 174 valence electrons. The van der Waals surface area contributed by atoms with Gasteiger partial charge in [0.05, 0.1) is 5.52 Å². The monoisotopic (exact) mass is 453 g/mol. The Kier molecular flexibility index (Phi) is 8.49. The van der Waals surface area contributed by atoms with Crippen LogP contribution in [0.4, 0.5) is 5.69 Å². The van der Waals surface area contributed by atoms with Crippen LogP contribution in [0.3, 0.4) is 0 Å². The van der Waals surface area contributed by atoms with Crippen LogP contribution in [0.25, 0.3) is 10.9 Å². The van der Waals surface area contributed by atoms with E-state index in [0.717, 1.165) is 30.0 Å². The summed E-state index contributed by atoms with van der Waals surface area (Å²) in [5.74, 6) is 1.25. The Bertz CT molecular complexity index is 936. The van der Waals surface area contributed by atoms with E-state index in [2.05, 4.69) is 24.4 Å². The maximum atomic E-state index is 6.32. The van der Waals surface area contributed by atoms with Gasteiger partial charge in [-0.15, -0.1) is 0 Å². The van der Waals surface area contributed by atoms with Crippen LogP contribution < -0.4 is 11.1 Å². The minimum atomic E-state index is 0.600. The van der Waals surface area contributed by atoms with Gasteiger partial charge in [-0.1, -0.05) is 68.2 Å². The Morgan fingerprint density at radius 2 is 1.72 bits per heavy atom. The van der Waals surface area contributed by atoms with Crippen molar-refractivity contribution in [3.05, 3.63) is 46.1 Å². The third kappa shape index (κ3) is 5.85. The van der Waals surface area contributed by atoms with E-state index in [-0.39, 0.29) is 0 Å². The van der Waals surface area contributed by atoms with Crippen LogP contribution in [0.5, 0.6) is 0 Å². The first-order valence-electron chi connectivity index (χ1n) is 12.9. The highest BCUT2D eigenvalue weighted by Crippen LogP contribution is 2.47. The second-order valence-corrected chi connectivity index (χ2v) is 10.5. The number of nitrogens with two attached hydrogens (primary N) is 1. The fraction of sp³-hybridized carbons (Fsp3) is 0.607. The van der Waals surface area contributed by atoms with Gasteiger partial charge in [-0.25, -0.2) is 0 Å². The highest BCUT2D eigenvalue weighted by atomic mass is 35.5. The van der Waals surface area contributed by atoms with Crippen molar-refractivity contribution in [1.29, 1.82) is 0 Å². The molecular formula is C28H40ClN3. The molecule has 2 atom stereocenters. The highest BCUT2D eigenvalue weighted by molar-refractivity contribution is 6.31. The third-order valence-electron chi connectivity index (χ3n) is 7.29. The molecule has 2 bridgehead atoms. The number of halogens is 1.